The molecule has 1 nitrogen and oxygen atoms in total. The van der Waals surface area contributed by atoms with E-state index in [0.29, 0.717) is 12.0 Å². The van der Waals surface area contributed by atoms with Crippen LogP contribution in [-0.4, -0.2) is 13.1 Å². The highest BCUT2D eigenvalue weighted by molar-refractivity contribution is 9.10. The van der Waals surface area contributed by atoms with Gasteiger partial charge in [0, 0.05) is 21.3 Å². The lowest BCUT2D eigenvalue weighted by Gasteiger charge is -2.30. The van der Waals surface area contributed by atoms with Gasteiger partial charge in [-0.05, 0) is 67.4 Å². The number of thiophene rings is 1. The van der Waals surface area contributed by atoms with Crippen molar-refractivity contribution in [1.82, 2.24) is 5.32 Å². The number of benzene rings is 1. The van der Waals surface area contributed by atoms with E-state index in [0.717, 1.165) is 10.9 Å². The highest BCUT2D eigenvalue weighted by atomic mass is 79.9. The van der Waals surface area contributed by atoms with Gasteiger partial charge in [-0.2, -0.15) is 0 Å². The second kappa shape index (κ2) is 6.42. The predicted molar refractivity (Wildman–Crippen MR) is 90.7 cm³/mol. The number of hydrogen-bond acceptors (Lipinski definition) is 2. The summed E-state index contributed by atoms with van der Waals surface area (Å²) in [6.45, 7) is 0. The number of nitrogens with one attached hydrogen (secondary N) is 1. The van der Waals surface area contributed by atoms with Crippen molar-refractivity contribution in [1.29, 1.82) is 0 Å². The second-order valence-corrected chi connectivity index (χ2v) is 7.44. The monoisotopic (exact) mass is 349 g/mol. The SMILES string of the molecule is CNC(Cc1ccc(Br)cc1)C1CCCc2sccc21. The molecule has 1 aliphatic carbocycles. The maximum atomic E-state index is 3.56. The van der Waals surface area contributed by atoms with Crippen LogP contribution >= 0.6 is 27.3 Å². The van der Waals surface area contributed by atoms with Gasteiger partial charge in [-0.3, -0.25) is 0 Å². The van der Waals surface area contributed by atoms with Crippen LogP contribution in [0, 0.1) is 0 Å². The van der Waals surface area contributed by atoms with Crippen LogP contribution in [-0.2, 0) is 12.8 Å². The molecule has 2 aromatic rings. The van der Waals surface area contributed by atoms with Crippen molar-refractivity contribution in [2.45, 2.75) is 37.6 Å². The lowest BCUT2D eigenvalue weighted by Crippen LogP contribution is -2.35. The molecule has 0 saturated carbocycles. The third-order valence-electron chi connectivity index (χ3n) is 4.32. The highest BCUT2D eigenvalue weighted by Gasteiger charge is 2.27. The Balaban J connectivity index is 1.79. The molecule has 1 heterocycles. The molecule has 1 aliphatic rings. The molecule has 0 radical (unpaired) electrons. The van der Waals surface area contributed by atoms with Crippen molar-refractivity contribution < 1.29 is 0 Å². The first-order valence-electron chi connectivity index (χ1n) is 7.26. The maximum absolute atomic E-state index is 3.56. The minimum absolute atomic E-state index is 0.532. The summed E-state index contributed by atoms with van der Waals surface area (Å²) in [5.41, 5.74) is 3.01. The summed E-state index contributed by atoms with van der Waals surface area (Å²) in [5, 5.41) is 5.82. The van der Waals surface area contributed by atoms with Gasteiger partial charge in [-0.1, -0.05) is 28.1 Å². The Kier molecular flexibility index (Phi) is 4.59. The third kappa shape index (κ3) is 3.00. The molecule has 0 fully saturated rings. The topological polar surface area (TPSA) is 12.0 Å². The number of hydrogen-bond donors (Lipinski definition) is 1. The van der Waals surface area contributed by atoms with Gasteiger partial charge in [0.1, 0.15) is 0 Å². The van der Waals surface area contributed by atoms with Crippen LogP contribution in [0.15, 0.2) is 40.2 Å². The van der Waals surface area contributed by atoms with Crippen molar-refractivity contribution in [3.05, 3.63) is 56.2 Å². The van der Waals surface area contributed by atoms with E-state index in [1.54, 1.807) is 10.4 Å². The van der Waals surface area contributed by atoms with E-state index in [1.165, 1.54) is 24.8 Å². The average molecular weight is 350 g/mol. The summed E-state index contributed by atoms with van der Waals surface area (Å²) in [7, 11) is 2.10. The Morgan fingerprint density at radius 2 is 2.10 bits per heavy atom. The van der Waals surface area contributed by atoms with Crippen LogP contribution in [0.4, 0.5) is 0 Å². The Morgan fingerprint density at radius 3 is 2.85 bits per heavy atom. The van der Waals surface area contributed by atoms with E-state index in [9.17, 15) is 0 Å². The summed E-state index contributed by atoms with van der Waals surface area (Å²) >= 11 is 5.44. The zero-order valence-corrected chi connectivity index (χ0v) is 14.1. The standard InChI is InChI=1S/C17H20BrNS/c1-19-16(11-12-5-7-13(18)8-6-12)14-3-2-4-17-15(14)9-10-20-17/h5-10,14,16,19H,2-4,11H2,1H3. The minimum atomic E-state index is 0.532. The maximum Gasteiger partial charge on any atom is 0.0175 e. The van der Waals surface area contributed by atoms with E-state index in [4.69, 9.17) is 0 Å². The first-order valence-corrected chi connectivity index (χ1v) is 8.93. The molecule has 2 unspecified atom stereocenters. The van der Waals surface area contributed by atoms with Crippen molar-refractivity contribution in [3.63, 3.8) is 0 Å². The van der Waals surface area contributed by atoms with Crippen LogP contribution in [0.5, 0.6) is 0 Å². The van der Waals surface area contributed by atoms with Crippen molar-refractivity contribution >= 4 is 27.3 Å². The molecule has 0 aliphatic heterocycles. The minimum Gasteiger partial charge on any atom is -0.316 e. The molecule has 0 bridgehead atoms. The molecule has 0 spiro atoms. The molecule has 3 rings (SSSR count). The van der Waals surface area contributed by atoms with E-state index in [1.807, 2.05) is 11.3 Å². The smallest absolute Gasteiger partial charge is 0.0175 e. The number of likely N-dealkylation sites (N-methyl/N-ethyl adjacent to an activating group) is 1. The fourth-order valence-electron chi connectivity index (χ4n) is 3.26. The van der Waals surface area contributed by atoms with Crippen LogP contribution < -0.4 is 5.32 Å². The lowest BCUT2D eigenvalue weighted by atomic mass is 9.80. The fraction of sp³-hybridized carbons (Fsp3) is 0.412. The predicted octanol–water partition coefficient (Wildman–Crippen LogP) is 4.76. The zero-order valence-electron chi connectivity index (χ0n) is 11.7. The first kappa shape index (κ1) is 14.3. The van der Waals surface area contributed by atoms with Gasteiger partial charge in [0.2, 0.25) is 0 Å². The van der Waals surface area contributed by atoms with Gasteiger partial charge in [0.05, 0.1) is 0 Å². The van der Waals surface area contributed by atoms with Crippen LogP contribution in [0.2, 0.25) is 0 Å². The van der Waals surface area contributed by atoms with Crippen molar-refractivity contribution in [2.75, 3.05) is 7.05 Å². The summed E-state index contributed by atoms with van der Waals surface area (Å²) in [6, 6.07) is 11.6. The van der Waals surface area contributed by atoms with Crippen LogP contribution in [0.25, 0.3) is 0 Å². The van der Waals surface area contributed by atoms with Gasteiger partial charge in [0.15, 0.2) is 0 Å². The average Bonchev–Trinajstić information content (AvgIpc) is 2.95. The first-order chi connectivity index (χ1) is 9.78. The van der Waals surface area contributed by atoms with E-state index < -0.39 is 0 Å². The van der Waals surface area contributed by atoms with Crippen LogP contribution in [0.1, 0.15) is 34.8 Å². The van der Waals surface area contributed by atoms with Gasteiger partial charge in [0.25, 0.3) is 0 Å². The molecular formula is C17H20BrNS. The van der Waals surface area contributed by atoms with Gasteiger partial charge < -0.3 is 5.32 Å². The molecule has 106 valence electrons. The van der Waals surface area contributed by atoms with Crippen LogP contribution in [0.3, 0.4) is 0 Å². The lowest BCUT2D eigenvalue weighted by molar-refractivity contribution is 0.414. The molecule has 3 heteroatoms. The molecule has 0 amide bonds. The molecule has 1 aromatic carbocycles. The summed E-state index contributed by atoms with van der Waals surface area (Å²) < 4.78 is 1.15. The van der Waals surface area contributed by atoms with Crippen molar-refractivity contribution in [3.8, 4) is 0 Å². The van der Waals surface area contributed by atoms with E-state index >= 15 is 0 Å². The number of rotatable bonds is 4. The fourth-order valence-corrected chi connectivity index (χ4v) is 4.52. The van der Waals surface area contributed by atoms with E-state index in [2.05, 4.69) is 64.0 Å². The summed E-state index contributed by atoms with van der Waals surface area (Å²) in [6.07, 6.45) is 5.02. The summed E-state index contributed by atoms with van der Waals surface area (Å²) in [5.74, 6) is 0.665. The Bertz CT molecular complexity index is 561. The molecule has 0 saturated heterocycles. The highest BCUT2D eigenvalue weighted by Crippen LogP contribution is 2.37. The molecule has 1 aromatic heterocycles. The normalized spacial score (nSPS) is 19.6. The Morgan fingerprint density at radius 1 is 1.30 bits per heavy atom. The summed E-state index contributed by atoms with van der Waals surface area (Å²) in [4.78, 5) is 1.61. The zero-order chi connectivity index (χ0) is 13.9. The van der Waals surface area contributed by atoms with Gasteiger partial charge in [-0.15, -0.1) is 11.3 Å². The van der Waals surface area contributed by atoms with Gasteiger partial charge >= 0.3 is 0 Å². The Labute approximate surface area is 133 Å². The number of halogens is 1. The number of aryl methyl sites for hydroxylation is 1. The molecule has 2 atom stereocenters. The molecular weight excluding hydrogens is 330 g/mol. The van der Waals surface area contributed by atoms with E-state index in [-0.39, 0.29) is 0 Å². The Hall–Kier alpha value is -0.640. The van der Waals surface area contributed by atoms with Crippen molar-refractivity contribution in [2.24, 2.45) is 0 Å². The number of fused-ring (bicyclic) bond motifs is 1. The molecule has 20 heavy (non-hydrogen) atoms. The largest absolute Gasteiger partial charge is 0.316 e. The third-order valence-corrected chi connectivity index (χ3v) is 5.85. The van der Waals surface area contributed by atoms with Gasteiger partial charge in [-0.25, -0.2) is 0 Å². The quantitative estimate of drug-likeness (QED) is 0.838. The molecule has 1 N–H and O–H groups in total. The second-order valence-electron chi connectivity index (χ2n) is 5.52.